The van der Waals surface area contributed by atoms with Gasteiger partial charge in [0.2, 0.25) is 5.91 Å². The van der Waals surface area contributed by atoms with E-state index in [9.17, 15) is 4.79 Å². The Bertz CT molecular complexity index is 1010. The topological polar surface area (TPSA) is 38.1 Å². The predicted octanol–water partition coefficient (Wildman–Crippen LogP) is 4.63. The Balaban J connectivity index is 1.45. The Kier molecular flexibility index (Phi) is 4.70. The molecule has 3 aromatic rings. The normalized spacial score (nSPS) is 22.7. The van der Waals surface area contributed by atoms with Crippen molar-refractivity contribution in [2.75, 3.05) is 0 Å². The molecule has 0 N–H and O–H groups in total. The number of nitrogens with zero attached hydrogens (tertiary/aromatic N) is 3. The van der Waals surface area contributed by atoms with Gasteiger partial charge >= 0.3 is 0 Å². The third-order valence-electron chi connectivity index (χ3n) is 6.57. The van der Waals surface area contributed by atoms with Crippen molar-refractivity contribution in [3.05, 3.63) is 89.5 Å². The molecule has 4 heteroatoms. The average Bonchev–Trinajstić information content (AvgIpc) is 3.47. The summed E-state index contributed by atoms with van der Waals surface area (Å²) in [6, 6.07) is 19.2. The molecule has 1 fully saturated rings. The van der Waals surface area contributed by atoms with Crippen LogP contribution in [0.3, 0.4) is 0 Å². The van der Waals surface area contributed by atoms with E-state index in [0.717, 1.165) is 31.5 Å². The van der Waals surface area contributed by atoms with Gasteiger partial charge in [-0.25, -0.2) is 4.98 Å². The quantitative estimate of drug-likeness (QED) is 0.642. The van der Waals surface area contributed by atoms with Gasteiger partial charge in [0.05, 0.1) is 12.6 Å². The standard InChI is InChI=1S/C25H27N3O/c1-27-15-14-26-24(27)17-28(23-13-7-11-18-10-5-6-12-20(18)23)25(29)22-16-21(22)19-8-3-2-4-9-19/h2-6,8-10,12,14-15,21-23H,7,11,13,16-17H2,1H3/t21-,22+,23-/m0/s1. The lowest BCUT2D eigenvalue weighted by Crippen LogP contribution is -2.38. The first-order valence-electron chi connectivity index (χ1n) is 10.6. The van der Waals surface area contributed by atoms with Crippen LogP contribution in [0.4, 0.5) is 0 Å². The number of aromatic nitrogens is 2. The molecule has 1 saturated carbocycles. The SMILES string of the molecule is Cn1ccnc1CN(C(=O)[C@@H]1C[C@H]1c1ccccc1)[C@H]1CCCc2ccccc21. The summed E-state index contributed by atoms with van der Waals surface area (Å²) in [6.45, 7) is 0.569. The second kappa shape index (κ2) is 7.51. The maximum atomic E-state index is 13.7. The Hall–Kier alpha value is -2.88. The van der Waals surface area contributed by atoms with Crippen LogP contribution in [0.25, 0.3) is 0 Å². The van der Waals surface area contributed by atoms with Gasteiger partial charge in [0.15, 0.2) is 0 Å². The molecule has 5 rings (SSSR count). The summed E-state index contributed by atoms with van der Waals surface area (Å²) in [5.74, 6) is 1.67. The lowest BCUT2D eigenvalue weighted by atomic mass is 9.86. The van der Waals surface area contributed by atoms with Gasteiger partial charge in [0.25, 0.3) is 0 Å². The molecule has 0 spiro atoms. The highest BCUT2D eigenvalue weighted by Gasteiger charge is 2.47. The number of carbonyl (C=O) groups excluding carboxylic acids is 1. The smallest absolute Gasteiger partial charge is 0.227 e. The fourth-order valence-electron chi connectivity index (χ4n) is 4.84. The van der Waals surface area contributed by atoms with Crippen molar-refractivity contribution in [2.45, 2.75) is 44.2 Å². The molecule has 0 unspecified atom stereocenters. The first kappa shape index (κ1) is 18.2. The van der Waals surface area contributed by atoms with Gasteiger partial charge in [-0.05, 0) is 48.3 Å². The Morgan fingerprint density at radius 3 is 2.72 bits per heavy atom. The van der Waals surface area contributed by atoms with Crippen molar-refractivity contribution < 1.29 is 4.79 Å². The Morgan fingerprint density at radius 1 is 1.14 bits per heavy atom. The van der Waals surface area contributed by atoms with Gasteiger partial charge in [0, 0.05) is 25.4 Å². The molecule has 1 aromatic heterocycles. The van der Waals surface area contributed by atoms with Gasteiger partial charge in [-0.2, -0.15) is 0 Å². The largest absolute Gasteiger partial charge is 0.337 e. The molecular formula is C25H27N3O. The average molecular weight is 386 g/mol. The molecule has 2 aliphatic rings. The fourth-order valence-corrected chi connectivity index (χ4v) is 4.84. The molecule has 0 aliphatic heterocycles. The first-order valence-corrected chi connectivity index (χ1v) is 10.6. The van der Waals surface area contributed by atoms with Crippen molar-refractivity contribution in [2.24, 2.45) is 13.0 Å². The van der Waals surface area contributed by atoms with E-state index in [2.05, 4.69) is 58.4 Å². The summed E-state index contributed by atoms with van der Waals surface area (Å²) in [5.41, 5.74) is 3.99. The summed E-state index contributed by atoms with van der Waals surface area (Å²) >= 11 is 0. The number of hydrogen-bond acceptors (Lipinski definition) is 2. The van der Waals surface area contributed by atoms with Crippen LogP contribution in [0.2, 0.25) is 0 Å². The van der Waals surface area contributed by atoms with Crippen LogP contribution in [0.1, 0.15) is 53.7 Å². The molecular weight excluding hydrogens is 358 g/mol. The maximum Gasteiger partial charge on any atom is 0.227 e. The van der Waals surface area contributed by atoms with E-state index in [1.165, 1.54) is 16.7 Å². The number of fused-ring (bicyclic) bond motifs is 1. The summed E-state index contributed by atoms with van der Waals surface area (Å²) in [7, 11) is 2.00. The van der Waals surface area contributed by atoms with E-state index < -0.39 is 0 Å². The van der Waals surface area contributed by atoms with Gasteiger partial charge in [-0.1, -0.05) is 54.6 Å². The highest BCUT2D eigenvalue weighted by molar-refractivity contribution is 5.83. The molecule has 4 nitrogen and oxygen atoms in total. The van der Waals surface area contributed by atoms with Crippen LogP contribution in [-0.4, -0.2) is 20.4 Å². The summed E-state index contributed by atoms with van der Waals surface area (Å²) in [5, 5.41) is 0. The molecule has 2 aliphatic carbocycles. The predicted molar refractivity (Wildman–Crippen MR) is 113 cm³/mol. The van der Waals surface area contributed by atoms with E-state index in [1.54, 1.807) is 0 Å². The molecule has 0 saturated heterocycles. The number of imidazole rings is 1. The van der Waals surface area contributed by atoms with Crippen molar-refractivity contribution in [3.8, 4) is 0 Å². The van der Waals surface area contributed by atoms with Crippen LogP contribution in [0, 0.1) is 5.92 Å². The highest BCUT2D eigenvalue weighted by Crippen LogP contribution is 2.50. The monoisotopic (exact) mass is 385 g/mol. The van der Waals surface area contributed by atoms with Crippen molar-refractivity contribution >= 4 is 5.91 Å². The number of carbonyl (C=O) groups is 1. The minimum Gasteiger partial charge on any atom is -0.337 e. The molecule has 0 radical (unpaired) electrons. The Morgan fingerprint density at radius 2 is 1.93 bits per heavy atom. The van der Waals surface area contributed by atoms with E-state index in [0.29, 0.717) is 12.5 Å². The molecule has 1 heterocycles. The van der Waals surface area contributed by atoms with E-state index in [4.69, 9.17) is 0 Å². The van der Waals surface area contributed by atoms with Crippen molar-refractivity contribution in [1.82, 2.24) is 14.5 Å². The number of hydrogen-bond donors (Lipinski definition) is 0. The van der Waals surface area contributed by atoms with Gasteiger partial charge in [-0.3, -0.25) is 4.79 Å². The van der Waals surface area contributed by atoms with Crippen LogP contribution in [0.15, 0.2) is 67.0 Å². The molecule has 148 valence electrons. The third-order valence-corrected chi connectivity index (χ3v) is 6.57. The number of benzene rings is 2. The minimum atomic E-state index is 0.0896. The third kappa shape index (κ3) is 3.48. The van der Waals surface area contributed by atoms with Crippen LogP contribution >= 0.6 is 0 Å². The van der Waals surface area contributed by atoms with Gasteiger partial charge < -0.3 is 9.47 Å². The zero-order chi connectivity index (χ0) is 19.8. The van der Waals surface area contributed by atoms with Crippen molar-refractivity contribution in [1.29, 1.82) is 0 Å². The zero-order valence-electron chi connectivity index (χ0n) is 16.9. The second-order valence-electron chi connectivity index (χ2n) is 8.39. The number of aryl methyl sites for hydroxylation is 2. The number of amides is 1. The summed E-state index contributed by atoms with van der Waals surface area (Å²) in [6.07, 6.45) is 7.98. The van der Waals surface area contributed by atoms with Gasteiger partial charge in [-0.15, -0.1) is 0 Å². The fraction of sp³-hybridized carbons (Fsp3) is 0.360. The van der Waals surface area contributed by atoms with Crippen LogP contribution < -0.4 is 0 Å². The molecule has 29 heavy (non-hydrogen) atoms. The second-order valence-corrected chi connectivity index (χ2v) is 8.39. The highest BCUT2D eigenvalue weighted by atomic mass is 16.2. The summed E-state index contributed by atoms with van der Waals surface area (Å²) in [4.78, 5) is 20.4. The molecule has 0 bridgehead atoms. The number of rotatable bonds is 5. The van der Waals surface area contributed by atoms with E-state index in [-0.39, 0.29) is 17.9 Å². The van der Waals surface area contributed by atoms with Gasteiger partial charge in [0.1, 0.15) is 5.82 Å². The lowest BCUT2D eigenvalue weighted by Gasteiger charge is -2.36. The zero-order valence-corrected chi connectivity index (χ0v) is 16.9. The van der Waals surface area contributed by atoms with E-state index >= 15 is 0 Å². The lowest BCUT2D eigenvalue weighted by molar-refractivity contribution is -0.136. The maximum absolute atomic E-state index is 13.7. The first-order chi connectivity index (χ1) is 14.2. The van der Waals surface area contributed by atoms with Crippen LogP contribution in [0.5, 0.6) is 0 Å². The van der Waals surface area contributed by atoms with Crippen LogP contribution in [-0.2, 0) is 24.8 Å². The summed E-state index contributed by atoms with van der Waals surface area (Å²) < 4.78 is 2.02. The Labute approximate surface area is 172 Å². The minimum absolute atomic E-state index is 0.0896. The molecule has 3 atom stereocenters. The molecule has 1 amide bonds. The van der Waals surface area contributed by atoms with Crippen molar-refractivity contribution in [3.63, 3.8) is 0 Å². The van der Waals surface area contributed by atoms with E-state index in [1.807, 2.05) is 30.1 Å². The molecule has 2 aromatic carbocycles.